The van der Waals surface area contributed by atoms with E-state index in [0.717, 1.165) is 12.1 Å². The van der Waals surface area contributed by atoms with Gasteiger partial charge < -0.3 is 19.5 Å². The molecule has 0 aliphatic rings. The lowest BCUT2D eigenvalue weighted by molar-refractivity contribution is -0.123. The van der Waals surface area contributed by atoms with Crippen LogP contribution in [0.1, 0.15) is 40.0 Å². The third-order valence-corrected chi connectivity index (χ3v) is 3.31. The van der Waals surface area contributed by atoms with Gasteiger partial charge in [-0.05, 0) is 32.4 Å². The summed E-state index contributed by atoms with van der Waals surface area (Å²) >= 11 is 0. The van der Waals surface area contributed by atoms with Gasteiger partial charge in [-0.3, -0.25) is 4.79 Å². The number of Topliss-reactive ketones (excluding diaryl/α,β-unsaturated/α-hetero) is 1. The molecule has 6 heteroatoms. The fraction of sp³-hybridized carbons (Fsp3) is 0.632. The average Bonchev–Trinajstić information content (AvgIpc) is 2.57. The number of hydrogen-bond donors (Lipinski definition) is 1. The van der Waals surface area contributed by atoms with Crippen LogP contribution in [0.4, 0.5) is 10.1 Å². The van der Waals surface area contributed by atoms with Crippen molar-refractivity contribution < 1.29 is 23.4 Å². The first-order valence-corrected chi connectivity index (χ1v) is 8.89. The topological polar surface area (TPSA) is 56.8 Å². The van der Waals surface area contributed by atoms with E-state index in [1.54, 1.807) is 12.1 Å². The van der Waals surface area contributed by atoms with Crippen LogP contribution < -0.4 is 10.1 Å². The Morgan fingerprint density at radius 3 is 2.44 bits per heavy atom. The number of ether oxygens (including phenoxy) is 3. The highest BCUT2D eigenvalue weighted by Gasteiger charge is 2.05. The van der Waals surface area contributed by atoms with Gasteiger partial charge in [-0.1, -0.05) is 6.92 Å². The molecule has 0 fully saturated rings. The van der Waals surface area contributed by atoms with Gasteiger partial charge in [0.2, 0.25) is 0 Å². The Kier molecular flexibility index (Phi) is 10.8. The molecule has 0 saturated heterocycles. The van der Waals surface area contributed by atoms with Crippen molar-refractivity contribution >= 4 is 11.5 Å². The van der Waals surface area contributed by atoms with Crippen molar-refractivity contribution in [2.45, 2.75) is 46.1 Å². The van der Waals surface area contributed by atoms with E-state index in [4.69, 9.17) is 14.2 Å². The summed E-state index contributed by atoms with van der Waals surface area (Å²) < 4.78 is 30.0. The molecule has 1 rings (SSSR count). The van der Waals surface area contributed by atoms with Crippen molar-refractivity contribution in [2.75, 3.05) is 38.4 Å². The number of carbonyl (C=O) groups is 1. The molecular formula is C19H30FNO4. The lowest BCUT2D eigenvalue weighted by Crippen LogP contribution is -2.10. The molecule has 1 N–H and O–H groups in total. The lowest BCUT2D eigenvalue weighted by Gasteiger charge is -2.12. The first-order chi connectivity index (χ1) is 12.0. The third-order valence-electron chi connectivity index (χ3n) is 3.31. The Bertz CT molecular complexity index is 508. The number of hydrogen-bond acceptors (Lipinski definition) is 5. The molecule has 25 heavy (non-hydrogen) atoms. The Morgan fingerprint density at radius 2 is 1.80 bits per heavy atom. The normalized spacial score (nSPS) is 10.9. The largest absolute Gasteiger partial charge is 0.490 e. The molecule has 0 atom stereocenters. The van der Waals surface area contributed by atoms with Gasteiger partial charge in [0.25, 0.3) is 0 Å². The Morgan fingerprint density at radius 1 is 1.12 bits per heavy atom. The fourth-order valence-electron chi connectivity index (χ4n) is 2.04. The molecule has 0 unspecified atom stereocenters. The van der Waals surface area contributed by atoms with Crippen LogP contribution in [-0.2, 0) is 14.3 Å². The van der Waals surface area contributed by atoms with Gasteiger partial charge in [0.05, 0.1) is 6.61 Å². The standard InChI is InChI=1S/C19H30FNO4/c1-4-17(22)14-24-11-5-9-23-10-6-12-25-19-8-7-16(13-18(19)20)21-15(2)3/h7-8,13,15,21H,4-6,9-12,14H2,1-3H3. The van der Waals surface area contributed by atoms with Crippen molar-refractivity contribution in [3.8, 4) is 5.75 Å². The lowest BCUT2D eigenvalue weighted by atomic mass is 10.2. The maximum Gasteiger partial charge on any atom is 0.167 e. The molecule has 0 radical (unpaired) electrons. The molecule has 0 aliphatic heterocycles. The average molecular weight is 355 g/mol. The molecule has 0 spiro atoms. The number of nitrogens with one attached hydrogen (secondary N) is 1. The zero-order chi connectivity index (χ0) is 18.5. The Hall–Kier alpha value is -1.66. The summed E-state index contributed by atoms with van der Waals surface area (Å²) in [5.74, 6) is -0.00744. The van der Waals surface area contributed by atoms with Gasteiger partial charge in [-0.2, -0.15) is 0 Å². The Labute approximate surface area is 149 Å². The quantitative estimate of drug-likeness (QED) is 0.514. The van der Waals surface area contributed by atoms with Gasteiger partial charge in [-0.25, -0.2) is 4.39 Å². The first kappa shape index (κ1) is 21.4. The minimum atomic E-state index is -0.370. The zero-order valence-electron chi connectivity index (χ0n) is 15.5. The second-order valence-electron chi connectivity index (χ2n) is 6.06. The maximum atomic E-state index is 13.9. The Balaban J connectivity index is 2.05. The SMILES string of the molecule is CCC(=O)COCCCOCCCOc1ccc(NC(C)C)cc1F. The number of ketones is 1. The van der Waals surface area contributed by atoms with Crippen molar-refractivity contribution in [1.82, 2.24) is 0 Å². The van der Waals surface area contributed by atoms with E-state index in [1.807, 2.05) is 20.8 Å². The summed E-state index contributed by atoms with van der Waals surface area (Å²) in [5.41, 5.74) is 0.742. The molecule has 0 aromatic heterocycles. The highest BCUT2D eigenvalue weighted by molar-refractivity contribution is 5.79. The van der Waals surface area contributed by atoms with Crippen LogP contribution in [-0.4, -0.2) is 44.9 Å². The van der Waals surface area contributed by atoms with Crippen molar-refractivity contribution in [2.24, 2.45) is 0 Å². The highest BCUT2D eigenvalue weighted by atomic mass is 19.1. The highest BCUT2D eigenvalue weighted by Crippen LogP contribution is 2.21. The van der Waals surface area contributed by atoms with E-state index in [9.17, 15) is 9.18 Å². The fourth-order valence-corrected chi connectivity index (χ4v) is 2.04. The predicted molar refractivity (Wildman–Crippen MR) is 96.8 cm³/mol. The van der Waals surface area contributed by atoms with Crippen LogP contribution in [0.2, 0.25) is 0 Å². The smallest absolute Gasteiger partial charge is 0.167 e. The molecule has 1 aromatic rings. The number of carbonyl (C=O) groups excluding carboxylic acids is 1. The van der Waals surface area contributed by atoms with Gasteiger partial charge in [0.1, 0.15) is 6.61 Å². The second kappa shape index (κ2) is 12.7. The van der Waals surface area contributed by atoms with Gasteiger partial charge in [0, 0.05) is 50.5 Å². The molecule has 0 aliphatic carbocycles. The van der Waals surface area contributed by atoms with Gasteiger partial charge >= 0.3 is 0 Å². The van der Waals surface area contributed by atoms with Gasteiger partial charge in [0.15, 0.2) is 17.3 Å². The number of rotatable bonds is 14. The monoisotopic (exact) mass is 355 g/mol. The van der Waals surface area contributed by atoms with Crippen molar-refractivity contribution in [3.63, 3.8) is 0 Å². The van der Waals surface area contributed by atoms with Crippen molar-refractivity contribution in [1.29, 1.82) is 0 Å². The van der Waals surface area contributed by atoms with Crippen LogP contribution in [0.3, 0.4) is 0 Å². The number of anilines is 1. The molecule has 0 amide bonds. The van der Waals surface area contributed by atoms with Crippen molar-refractivity contribution in [3.05, 3.63) is 24.0 Å². The molecular weight excluding hydrogens is 325 g/mol. The predicted octanol–water partition coefficient (Wildman–Crippen LogP) is 3.82. The maximum absolute atomic E-state index is 13.9. The summed E-state index contributed by atoms with van der Waals surface area (Å²) in [4.78, 5) is 11.0. The van der Waals surface area contributed by atoms with E-state index in [0.29, 0.717) is 39.3 Å². The van der Waals surface area contributed by atoms with Crippen LogP contribution in [0.5, 0.6) is 5.75 Å². The van der Waals surface area contributed by atoms with E-state index < -0.39 is 0 Å². The molecule has 0 bridgehead atoms. The number of halogens is 1. The molecule has 142 valence electrons. The molecule has 0 heterocycles. The van der Waals surface area contributed by atoms with Gasteiger partial charge in [-0.15, -0.1) is 0 Å². The summed E-state index contributed by atoms with van der Waals surface area (Å²) in [7, 11) is 0. The third kappa shape index (κ3) is 10.0. The minimum absolute atomic E-state index is 0.110. The van der Waals surface area contributed by atoms with Crippen LogP contribution in [0.15, 0.2) is 18.2 Å². The number of benzene rings is 1. The first-order valence-electron chi connectivity index (χ1n) is 8.89. The van der Waals surface area contributed by atoms with E-state index >= 15 is 0 Å². The molecule has 5 nitrogen and oxygen atoms in total. The van der Waals surface area contributed by atoms with Crippen LogP contribution in [0.25, 0.3) is 0 Å². The van der Waals surface area contributed by atoms with Crippen LogP contribution >= 0.6 is 0 Å². The van der Waals surface area contributed by atoms with E-state index in [1.165, 1.54) is 6.07 Å². The summed E-state index contributed by atoms with van der Waals surface area (Å²) in [6.07, 6.45) is 1.94. The summed E-state index contributed by atoms with van der Waals surface area (Å²) in [5, 5.41) is 3.14. The van der Waals surface area contributed by atoms with Crippen LogP contribution in [0, 0.1) is 5.82 Å². The van der Waals surface area contributed by atoms with E-state index in [-0.39, 0.29) is 30.0 Å². The zero-order valence-corrected chi connectivity index (χ0v) is 15.5. The minimum Gasteiger partial charge on any atom is -0.490 e. The second-order valence-corrected chi connectivity index (χ2v) is 6.06. The van der Waals surface area contributed by atoms with E-state index in [2.05, 4.69) is 5.32 Å². The summed E-state index contributed by atoms with van der Waals surface area (Å²) in [6.45, 7) is 8.03. The summed E-state index contributed by atoms with van der Waals surface area (Å²) in [6, 6.07) is 5.13. The molecule has 1 aromatic carbocycles. The molecule has 0 saturated carbocycles.